The van der Waals surface area contributed by atoms with Gasteiger partial charge >= 0.3 is 40.7 Å². The summed E-state index contributed by atoms with van der Waals surface area (Å²) in [7, 11) is -18.2. The number of hydrogen-bond acceptors (Lipinski definition) is 19. The molecule has 0 bridgehead atoms. The summed E-state index contributed by atoms with van der Waals surface area (Å²) in [5, 5.41) is 0.867. The lowest BCUT2D eigenvalue weighted by Gasteiger charge is -2.23. The molecule has 8 N–H and O–H groups in total. The number of nitrogens with one attached hydrogen (secondary N) is 1. The zero-order chi connectivity index (χ0) is 57.4. The van der Waals surface area contributed by atoms with Crippen LogP contribution < -0.4 is 43.0 Å². The maximum atomic E-state index is 15.7. The van der Waals surface area contributed by atoms with E-state index in [1.165, 1.54) is 72.8 Å². The number of rotatable bonds is 17. The first kappa shape index (κ1) is 55.2. The lowest BCUT2D eigenvalue weighted by atomic mass is 9.91. The maximum absolute atomic E-state index is 15.7. The minimum absolute atomic E-state index is 0.000976. The van der Waals surface area contributed by atoms with E-state index in [-0.39, 0.29) is 111 Å². The van der Waals surface area contributed by atoms with Gasteiger partial charge in [0.05, 0.1) is 36.8 Å². The number of hydrogen-bond donors (Lipinski definition) is 5. The molecule has 0 saturated carbocycles. The van der Waals surface area contributed by atoms with Crippen LogP contribution in [0, 0.1) is 0 Å². The van der Waals surface area contributed by atoms with Crippen LogP contribution in [0.4, 0.5) is 5.69 Å². The van der Waals surface area contributed by atoms with E-state index in [2.05, 4.69) is 12.9 Å². The molecule has 2 heterocycles. The molecule has 0 amide bonds. The number of nitrogens with two attached hydrogens (primary N) is 3. The van der Waals surface area contributed by atoms with Gasteiger partial charge in [-0.15, -0.1) is 0 Å². The Balaban J connectivity index is 1.32. The highest BCUT2D eigenvalue weighted by atomic mass is 32.2. The molecule has 0 aliphatic heterocycles. The highest BCUT2D eigenvalue weighted by Gasteiger charge is 2.30. The van der Waals surface area contributed by atoms with Gasteiger partial charge in [-0.25, -0.2) is 4.57 Å². The number of nitrogens with zero attached hydrogens (tertiary/aromatic N) is 1. The molecule has 26 heteroatoms. The number of fused-ring (bicyclic) bond motifs is 2. The molecule has 2 aromatic heterocycles. The van der Waals surface area contributed by atoms with Crippen LogP contribution in [-0.2, 0) is 53.5 Å². The van der Waals surface area contributed by atoms with Gasteiger partial charge in [0.25, 0.3) is 11.1 Å². The molecule has 412 valence electrons. The predicted molar refractivity (Wildman–Crippen MR) is 296 cm³/mol. The Morgan fingerprint density at radius 2 is 0.975 bits per heavy atom. The molecule has 8 aromatic carbocycles. The Bertz CT molecular complexity index is 4740. The molecule has 22 nitrogen and oxygen atoms in total. The summed E-state index contributed by atoms with van der Waals surface area (Å²) >= 11 is 0. The second-order valence-electron chi connectivity index (χ2n) is 18.8. The lowest BCUT2D eigenvalue weighted by Crippen LogP contribution is -2.34. The second kappa shape index (κ2) is 20.5. The Morgan fingerprint density at radius 3 is 1.50 bits per heavy atom. The molecule has 80 heavy (non-hydrogen) atoms. The molecule has 0 fully saturated rings. The minimum atomic E-state index is -4.83. The molecule has 10 rings (SSSR count). The molecule has 0 aliphatic rings. The summed E-state index contributed by atoms with van der Waals surface area (Å²) in [5.41, 5.74) is 0.861. The van der Waals surface area contributed by atoms with Crippen LogP contribution in [-0.4, -0.2) is 42.8 Å². The molecular formula is C54H45N5O17S4. The number of anilines is 1. The largest absolute Gasteiger partial charge is 0.456 e. The van der Waals surface area contributed by atoms with Gasteiger partial charge in [0.1, 0.15) is 22.8 Å². The first-order valence-corrected chi connectivity index (χ1v) is 29.5. The van der Waals surface area contributed by atoms with E-state index in [0.29, 0.717) is 22.2 Å². The van der Waals surface area contributed by atoms with Gasteiger partial charge in [-0.2, -0.15) is 64.2 Å². The number of aromatic nitrogens is 1. The van der Waals surface area contributed by atoms with E-state index in [1.807, 2.05) is 50.6 Å². The van der Waals surface area contributed by atoms with E-state index in [9.17, 15) is 38.2 Å². The van der Waals surface area contributed by atoms with Gasteiger partial charge in [0.2, 0.25) is 0 Å². The average Bonchev–Trinajstić information content (AvgIpc) is 3.53. The van der Waals surface area contributed by atoms with Crippen LogP contribution in [0.2, 0.25) is 0 Å². The zero-order valence-electron chi connectivity index (χ0n) is 42.2. The van der Waals surface area contributed by atoms with Gasteiger partial charge < -0.3 is 13.9 Å². The van der Waals surface area contributed by atoms with E-state index in [0.717, 1.165) is 28.8 Å². The normalized spacial score (nSPS) is 12.6. The summed E-state index contributed by atoms with van der Waals surface area (Å²) in [6.07, 6.45) is 0. The van der Waals surface area contributed by atoms with Crippen molar-refractivity contribution in [3.05, 3.63) is 171 Å². The number of benzene rings is 8. The van der Waals surface area contributed by atoms with Crippen molar-refractivity contribution in [2.75, 3.05) is 4.72 Å². The standard InChI is InChI=1S/C54H45N5O17S4/c1-28(2)36-9-7-10-37(29(3)4)51(36)59-53(60)41-26-46(71-44-22-16-32(58-80(68,69)70)24-39(44)30-12-17-33(18-13-30)77(62,63)74-55)49-38-8-5-6-11-43(38)73-52-47(27-42(54(59)61)48(41)50(49)52)72-45-23-21-35(79(66,67)76-57)25-40(45)31-14-19-34(20-15-31)78(64,65)75-56/h5-29,58H,55-57H2,1-4H3,(H,68,69,70). The van der Waals surface area contributed by atoms with E-state index < -0.39 is 56.7 Å². The number of pyridine rings is 1. The Morgan fingerprint density at radius 1 is 0.500 bits per heavy atom. The third-order valence-electron chi connectivity index (χ3n) is 13.3. The zero-order valence-corrected chi connectivity index (χ0v) is 45.5. The molecular weight excluding hydrogens is 1120 g/mol. The highest BCUT2D eigenvalue weighted by molar-refractivity contribution is 7.87. The fraction of sp³-hybridized carbons (Fsp3) is 0.111. The molecule has 0 atom stereocenters. The predicted octanol–water partition coefficient (Wildman–Crippen LogP) is 8.96. The summed E-state index contributed by atoms with van der Waals surface area (Å²) in [6, 6.07) is 32.7. The fourth-order valence-corrected chi connectivity index (χ4v) is 11.8. The van der Waals surface area contributed by atoms with Gasteiger partial charge in [-0.3, -0.25) is 18.9 Å². The number of ether oxygens (including phenoxy) is 2. The SMILES string of the molecule is CC(C)c1cccc(C(C)C)c1-n1c(=O)c2cc(Oc3ccc(S(=O)(=O)ON)cc3-c3ccc(S(=O)(=O)ON)cc3)c3oc4ccccc4c4c(Oc5ccc(NS(=O)(=O)O)cc5-c5ccc(S(=O)(=O)ON)cc5)cc(c1=O)c2c34. The van der Waals surface area contributed by atoms with Crippen molar-refractivity contribution in [1.82, 2.24) is 4.57 Å². The van der Waals surface area contributed by atoms with Crippen LogP contribution in [0.25, 0.3) is 71.4 Å². The molecule has 10 aromatic rings. The van der Waals surface area contributed by atoms with Crippen LogP contribution in [0.1, 0.15) is 50.7 Å². The lowest BCUT2D eigenvalue weighted by molar-refractivity contribution is 0.332. The van der Waals surface area contributed by atoms with Crippen molar-refractivity contribution in [3.8, 4) is 50.9 Å². The van der Waals surface area contributed by atoms with Crippen molar-refractivity contribution in [1.29, 1.82) is 0 Å². The molecule has 0 aliphatic carbocycles. The van der Waals surface area contributed by atoms with Crippen LogP contribution in [0.5, 0.6) is 23.0 Å². The average molecular weight is 1160 g/mol. The van der Waals surface area contributed by atoms with E-state index in [4.69, 9.17) is 31.6 Å². The van der Waals surface area contributed by atoms with E-state index in [1.54, 1.807) is 24.3 Å². The Labute approximate surface area is 455 Å². The third-order valence-corrected chi connectivity index (χ3v) is 17.1. The van der Waals surface area contributed by atoms with Crippen LogP contribution >= 0.6 is 0 Å². The van der Waals surface area contributed by atoms with Crippen LogP contribution in [0.3, 0.4) is 0 Å². The van der Waals surface area contributed by atoms with Crippen molar-refractivity contribution < 1.29 is 65.0 Å². The third kappa shape index (κ3) is 9.91. The first-order chi connectivity index (χ1) is 37.9. The molecule has 0 saturated heterocycles. The Hall–Kier alpha value is -8.12. The minimum Gasteiger partial charge on any atom is -0.456 e. The van der Waals surface area contributed by atoms with E-state index >= 15 is 9.59 Å². The van der Waals surface area contributed by atoms with Gasteiger partial charge in [0.15, 0.2) is 11.3 Å². The quantitative estimate of drug-likeness (QED) is 0.0246. The summed E-state index contributed by atoms with van der Waals surface area (Å²) in [4.78, 5) is 30.2. The van der Waals surface area contributed by atoms with Crippen molar-refractivity contribution >= 4 is 89.8 Å². The highest BCUT2D eigenvalue weighted by Crippen LogP contribution is 2.49. The van der Waals surface area contributed by atoms with Crippen LogP contribution in [0.15, 0.2) is 168 Å². The first-order valence-electron chi connectivity index (χ1n) is 23.8. The maximum Gasteiger partial charge on any atom is 0.357 e. The molecule has 0 radical (unpaired) electrons. The smallest absolute Gasteiger partial charge is 0.357 e. The monoisotopic (exact) mass is 1160 g/mol. The number of para-hydroxylation sites is 2. The second-order valence-corrected chi connectivity index (χ2v) is 24.7. The van der Waals surface area contributed by atoms with Gasteiger partial charge in [-0.05, 0) is 113 Å². The summed E-state index contributed by atoms with van der Waals surface area (Å²) < 4.78 is 147. The Kier molecular flexibility index (Phi) is 14.2. The van der Waals surface area contributed by atoms with Crippen molar-refractivity contribution in [2.45, 2.75) is 54.2 Å². The van der Waals surface area contributed by atoms with Crippen molar-refractivity contribution in [3.63, 3.8) is 0 Å². The topological polar surface area (TPSA) is 345 Å². The molecule has 0 spiro atoms. The molecule has 0 unspecified atom stereocenters. The fourth-order valence-electron chi connectivity index (χ4n) is 9.64. The van der Waals surface area contributed by atoms with Gasteiger partial charge in [0, 0.05) is 32.7 Å². The summed E-state index contributed by atoms with van der Waals surface area (Å²) in [5.74, 6) is 14.6. The summed E-state index contributed by atoms with van der Waals surface area (Å²) in [6.45, 7) is 7.69. The van der Waals surface area contributed by atoms with Gasteiger partial charge in [-0.1, -0.05) is 88.4 Å². The van der Waals surface area contributed by atoms with Crippen molar-refractivity contribution in [2.24, 2.45) is 17.7 Å².